The zero-order valence-electron chi connectivity index (χ0n) is 11.8. The van der Waals surface area contributed by atoms with Crippen LogP contribution in [0.25, 0.3) is 0 Å². The standard InChI is InChI=1S/C13H21N3O3/c1-9(2)12-14-11(15-19-12)8-16-7-5-4-6-10(16)13(17)18-3/h9-10H,4-8H2,1-3H3. The van der Waals surface area contributed by atoms with Crippen molar-refractivity contribution in [2.75, 3.05) is 13.7 Å². The molecule has 0 aliphatic carbocycles. The highest BCUT2D eigenvalue weighted by atomic mass is 16.5. The van der Waals surface area contributed by atoms with E-state index in [1.165, 1.54) is 7.11 Å². The Morgan fingerprint density at radius 1 is 1.53 bits per heavy atom. The molecule has 1 aliphatic heterocycles. The maximum atomic E-state index is 11.8. The predicted molar refractivity (Wildman–Crippen MR) is 68.5 cm³/mol. The molecule has 0 radical (unpaired) electrons. The summed E-state index contributed by atoms with van der Waals surface area (Å²) in [5.41, 5.74) is 0. The molecule has 0 bridgehead atoms. The molecule has 0 N–H and O–H groups in total. The van der Waals surface area contributed by atoms with Gasteiger partial charge in [0.1, 0.15) is 6.04 Å². The first kappa shape index (κ1) is 14.0. The molecule has 6 nitrogen and oxygen atoms in total. The summed E-state index contributed by atoms with van der Waals surface area (Å²) in [6, 6.07) is -0.181. The van der Waals surface area contributed by atoms with Gasteiger partial charge in [0.25, 0.3) is 0 Å². The highest BCUT2D eigenvalue weighted by molar-refractivity contribution is 5.75. The average molecular weight is 267 g/mol. The van der Waals surface area contributed by atoms with Crippen molar-refractivity contribution in [3.8, 4) is 0 Å². The molecule has 2 heterocycles. The molecule has 0 saturated carbocycles. The molecule has 0 aromatic carbocycles. The van der Waals surface area contributed by atoms with Gasteiger partial charge < -0.3 is 9.26 Å². The van der Waals surface area contributed by atoms with Crippen molar-refractivity contribution in [3.63, 3.8) is 0 Å². The van der Waals surface area contributed by atoms with Crippen LogP contribution in [0, 0.1) is 0 Å². The van der Waals surface area contributed by atoms with Gasteiger partial charge in [-0.25, -0.2) is 0 Å². The molecule has 1 atom stereocenters. The van der Waals surface area contributed by atoms with Crippen LogP contribution in [-0.2, 0) is 16.1 Å². The van der Waals surface area contributed by atoms with E-state index in [9.17, 15) is 4.79 Å². The molecule has 0 spiro atoms. The van der Waals surface area contributed by atoms with Crippen molar-refractivity contribution in [1.82, 2.24) is 15.0 Å². The molecular weight excluding hydrogens is 246 g/mol. The predicted octanol–water partition coefficient (Wildman–Crippen LogP) is 1.72. The SMILES string of the molecule is COC(=O)C1CCCCN1Cc1noc(C(C)C)n1. The van der Waals surface area contributed by atoms with E-state index in [-0.39, 0.29) is 17.9 Å². The Morgan fingerprint density at radius 3 is 2.95 bits per heavy atom. The summed E-state index contributed by atoms with van der Waals surface area (Å²) >= 11 is 0. The minimum atomic E-state index is -0.181. The Hall–Kier alpha value is -1.43. The minimum absolute atomic E-state index is 0.174. The third-order valence-corrected chi connectivity index (χ3v) is 3.41. The van der Waals surface area contributed by atoms with Gasteiger partial charge in [-0.1, -0.05) is 25.4 Å². The number of aromatic nitrogens is 2. The summed E-state index contributed by atoms with van der Waals surface area (Å²) < 4.78 is 10.0. The molecule has 2 rings (SSSR count). The number of rotatable bonds is 4. The topological polar surface area (TPSA) is 68.5 Å². The van der Waals surface area contributed by atoms with Gasteiger partial charge in [-0.15, -0.1) is 0 Å². The summed E-state index contributed by atoms with van der Waals surface area (Å²) in [4.78, 5) is 18.2. The Bertz CT molecular complexity index is 431. The van der Waals surface area contributed by atoms with Gasteiger partial charge >= 0.3 is 5.97 Å². The third kappa shape index (κ3) is 3.32. The number of hydrogen-bond donors (Lipinski definition) is 0. The van der Waals surface area contributed by atoms with Crippen LogP contribution in [0.3, 0.4) is 0 Å². The van der Waals surface area contributed by atoms with Crippen LogP contribution in [0.5, 0.6) is 0 Å². The van der Waals surface area contributed by atoms with Crippen LogP contribution in [0.1, 0.15) is 50.7 Å². The molecule has 1 aromatic heterocycles. The number of carbonyl (C=O) groups is 1. The first-order chi connectivity index (χ1) is 9.11. The lowest BCUT2D eigenvalue weighted by atomic mass is 10.0. The highest BCUT2D eigenvalue weighted by Crippen LogP contribution is 2.20. The molecule has 6 heteroatoms. The van der Waals surface area contributed by atoms with Gasteiger partial charge in [0.15, 0.2) is 5.82 Å². The van der Waals surface area contributed by atoms with Crippen molar-refractivity contribution in [2.45, 2.75) is 51.6 Å². The number of likely N-dealkylation sites (tertiary alicyclic amines) is 1. The van der Waals surface area contributed by atoms with Crippen LogP contribution >= 0.6 is 0 Å². The fraction of sp³-hybridized carbons (Fsp3) is 0.769. The second-order valence-electron chi connectivity index (χ2n) is 5.21. The Morgan fingerprint density at radius 2 is 2.32 bits per heavy atom. The highest BCUT2D eigenvalue weighted by Gasteiger charge is 2.30. The first-order valence-corrected chi connectivity index (χ1v) is 6.76. The minimum Gasteiger partial charge on any atom is -0.468 e. The first-order valence-electron chi connectivity index (χ1n) is 6.76. The van der Waals surface area contributed by atoms with E-state index in [0.29, 0.717) is 18.3 Å². The van der Waals surface area contributed by atoms with E-state index in [4.69, 9.17) is 9.26 Å². The zero-order chi connectivity index (χ0) is 13.8. The van der Waals surface area contributed by atoms with Gasteiger partial charge in [0.05, 0.1) is 13.7 Å². The van der Waals surface area contributed by atoms with Crippen molar-refractivity contribution in [3.05, 3.63) is 11.7 Å². The number of esters is 1. The largest absolute Gasteiger partial charge is 0.468 e. The van der Waals surface area contributed by atoms with Crippen LogP contribution in [0.2, 0.25) is 0 Å². The number of carbonyl (C=O) groups excluding carboxylic acids is 1. The molecule has 1 aromatic rings. The van der Waals surface area contributed by atoms with E-state index in [0.717, 1.165) is 25.8 Å². The van der Waals surface area contributed by atoms with Crippen molar-refractivity contribution >= 4 is 5.97 Å². The van der Waals surface area contributed by atoms with Crippen molar-refractivity contribution in [1.29, 1.82) is 0 Å². The summed E-state index contributed by atoms with van der Waals surface area (Å²) in [5.74, 6) is 1.33. The van der Waals surface area contributed by atoms with E-state index in [1.54, 1.807) is 0 Å². The second-order valence-corrected chi connectivity index (χ2v) is 5.21. The van der Waals surface area contributed by atoms with Crippen LogP contribution in [0.15, 0.2) is 4.52 Å². The summed E-state index contributed by atoms with van der Waals surface area (Å²) in [6.07, 6.45) is 2.98. The summed E-state index contributed by atoms with van der Waals surface area (Å²) in [7, 11) is 1.43. The van der Waals surface area contributed by atoms with Gasteiger partial charge in [0, 0.05) is 5.92 Å². The zero-order valence-corrected chi connectivity index (χ0v) is 11.8. The fourth-order valence-corrected chi connectivity index (χ4v) is 2.33. The van der Waals surface area contributed by atoms with Crippen molar-refractivity contribution in [2.24, 2.45) is 0 Å². The van der Waals surface area contributed by atoms with Crippen molar-refractivity contribution < 1.29 is 14.1 Å². The summed E-state index contributed by atoms with van der Waals surface area (Å²) in [5, 5.41) is 3.97. The van der Waals surface area contributed by atoms with Gasteiger partial charge in [-0.2, -0.15) is 4.98 Å². The molecule has 1 aliphatic rings. The Labute approximate surface area is 113 Å². The number of hydrogen-bond acceptors (Lipinski definition) is 6. The van der Waals surface area contributed by atoms with Crippen LogP contribution in [-0.4, -0.2) is 40.7 Å². The van der Waals surface area contributed by atoms with E-state index in [1.807, 2.05) is 13.8 Å². The molecular formula is C13H21N3O3. The lowest BCUT2D eigenvalue weighted by molar-refractivity contribution is -0.148. The van der Waals surface area contributed by atoms with Gasteiger partial charge in [-0.05, 0) is 19.4 Å². The van der Waals surface area contributed by atoms with Gasteiger partial charge in [-0.3, -0.25) is 9.69 Å². The van der Waals surface area contributed by atoms with E-state index in [2.05, 4.69) is 15.0 Å². The van der Waals surface area contributed by atoms with E-state index < -0.39 is 0 Å². The molecule has 0 amide bonds. The monoisotopic (exact) mass is 267 g/mol. The lowest BCUT2D eigenvalue weighted by Crippen LogP contribution is -2.44. The summed E-state index contributed by atoms with van der Waals surface area (Å²) in [6.45, 7) is 5.42. The average Bonchev–Trinajstić information content (AvgIpc) is 2.87. The van der Waals surface area contributed by atoms with E-state index >= 15 is 0 Å². The number of nitrogens with zero attached hydrogens (tertiary/aromatic N) is 3. The molecule has 1 unspecified atom stereocenters. The van der Waals surface area contributed by atoms with Gasteiger partial charge in [0.2, 0.25) is 5.89 Å². The quantitative estimate of drug-likeness (QED) is 0.774. The smallest absolute Gasteiger partial charge is 0.323 e. The van der Waals surface area contributed by atoms with Crippen LogP contribution in [0.4, 0.5) is 0 Å². The Balaban J connectivity index is 2.04. The molecule has 1 fully saturated rings. The number of methoxy groups -OCH3 is 1. The normalized spacial score (nSPS) is 20.7. The second kappa shape index (κ2) is 6.14. The number of piperidine rings is 1. The lowest BCUT2D eigenvalue weighted by Gasteiger charge is -2.32. The maximum Gasteiger partial charge on any atom is 0.323 e. The van der Waals surface area contributed by atoms with Crippen LogP contribution < -0.4 is 0 Å². The molecule has 1 saturated heterocycles. The molecule has 19 heavy (non-hydrogen) atoms. The Kier molecular flexibility index (Phi) is 4.52. The fourth-order valence-electron chi connectivity index (χ4n) is 2.33. The third-order valence-electron chi connectivity index (χ3n) is 3.41. The number of ether oxygens (including phenoxy) is 1. The molecule has 106 valence electrons. The maximum absolute atomic E-state index is 11.8.